The molecule has 0 fully saturated rings. The Morgan fingerprint density at radius 3 is 1.48 bits per heavy atom. The number of hydrogen-bond acceptors (Lipinski definition) is 3. The number of para-hydroxylation sites is 1. The second kappa shape index (κ2) is 11.9. The van der Waals surface area contributed by atoms with Crippen molar-refractivity contribution in [3.05, 3.63) is 176 Å². The van der Waals surface area contributed by atoms with Gasteiger partial charge in [0.05, 0.1) is 0 Å². The highest BCUT2D eigenvalue weighted by Gasteiger charge is 2.19. The summed E-state index contributed by atoms with van der Waals surface area (Å²) in [5, 5.41) is 12.0. The van der Waals surface area contributed by atoms with Gasteiger partial charge in [0.2, 0.25) is 0 Å². The third-order valence-corrected chi connectivity index (χ3v) is 10.2. The van der Waals surface area contributed by atoms with Crippen molar-refractivity contribution in [2.24, 2.45) is 0 Å². The predicted octanol–water partition coefficient (Wildman–Crippen LogP) is 12.0. The van der Waals surface area contributed by atoms with E-state index in [1.54, 1.807) is 0 Å². The molecule has 0 radical (unpaired) electrons. The van der Waals surface area contributed by atoms with Gasteiger partial charge in [-0.1, -0.05) is 140 Å². The number of aromatic nitrogens is 3. The standard InChI is InChI=1S/C44H29N3S/c1-5-13-30(14-6-1)35-25-26-41-39(27-35)40-29-36(31-15-7-2-8-16-31)28-38(42(40)48-41)32-21-23-34(24-22-32)44-46-45-43(33-17-9-3-10-18-33)47(44)37-19-11-4-12-20-37/h1-29H. The van der Waals surface area contributed by atoms with Crippen LogP contribution < -0.4 is 0 Å². The number of thiophene rings is 1. The Labute approximate surface area is 283 Å². The molecule has 48 heavy (non-hydrogen) atoms. The first-order valence-electron chi connectivity index (χ1n) is 16.1. The van der Waals surface area contributed by atoms with Gasteiger partial charge >= 0.3 is 0 Å². The number of hydrogen-bond donors (Lipinski definition) is 0. The summed E-state index contributed by atoms with van der Waals surface area (Å²) >= 11 is 1.87. The van der Waals surface area contributed by atoms with Crippen molar-refractivity contribution in [1.82, 2.24) is 14.8 Å². The lowest BCUT2D eigenvalue weighted by Gasteiger charge is -2.12. The first-order valence-corrected chi connectivity index (χ1v) is 16.9. The molecule has 4 heteroatoms. The van der Waals surface area contributed by atoms with Crippen molar-refractivity contribution in [3.8, 4) is 61.8 Å². The van der Waals surface area contributed by atoms with Crippen molar-refractivity contribution in [2.45, 2.75) is 0 Å². The molecule has 0 unspecified atom stereocenters. The Bertz CT molecular complexity index is 2520. The molecule has 0 atom stereocenters. The Morgan fingerprint density at radius 1 is 0.375 bits per heavy atom. The third-order valence-electron chi connectivity index (χ3n) is 8.95. The quantitative estimate of drug-likeness (QED) is 0.183. The minimum Gasteiger partial charge on any atom is -0.275 e. The number of benzene rings is 7. The van der Waals surface area contributed by atoms with Crippen molar-refractivity contribution < 1.29 is 0 Å². The Morgan fingerprint density at radius 2 is 0.854 bits per heavy atom. The van der Waals surface area contributed by atoms with Crippen LogP contribution in [0.2, 0.25) is 0 Å². The predicted molar refractivity (Wildman–Crippen MR) is 201 cm³/mol. The maximum Gasteiger partial charge on any atom is 0.168 e. The summed E-state index contributed by atoms with van der Waals surface area (Å²) in [5.41, 5.74) is 10.3. The van der Waals surface area contributed by atoms with Crippen molar-refractivity contribution in [1.29, 1.82) is 0 Å². The van der Waals surface area contributed by atoms with Crippen molar-refractivity contribution in [2.75, 3.05) is 0 Å². The molecule has 2 heterocycles. The van der Waals surface area contributed by atoms with Crippen LogP contribution in [-0.2, 0) is 0 Å². The number of nitrogens with zero attached hydrogens (tertiary/aromatic N) is 3. The van der Waals surface area contributed by atoms with Crippen molar-refractivity contribution in [3.63, 3.8) is 0 Å². The van der Waals surface area contributed by atoms with Crippen LogP contribution in [0.3, 0.4) is 0 Å². The molecule has 0 saturated heterocycles. The molecule has 0 spiro atoms. The molecular weight excluding hydrogens is 603 g/mol. The van der Waals surface area contributed by atoms with E-state index in [2.05, 4.69) is 161 Å². The minimum atomic E-state index is 0.810. The fourth-order valence-corrected chi connectivity index (χ4v) is 7.77. The average molecular weight is 632 g/mol. The third kappa shape index (κ3) is 5.00. The summed E-state index contributed by atoms with van der Waals surface area (Å²) in [6.45, 7) is 0. The zero-order chi connectivity index (χ0) is 31.9. The van der Waals surface area contributed by atoms with E-state index in [4.69, 9.17) is 5.10 Å². The van der Waals surface area contributed by atoms with Gasteiger partial charge in [0.1, 0.15) is 0 Å². The Balaban J connectivity index is 1.20. The van der Waals surface area contributed by atoms with E-state index in [1.807, 2.05) is 35.6 Å². The zero-order valence-electron chi connectivity index (χ0n) is 26.0. The maximum atomic E-state index is 4.72. The molecule has 0 saturated carbocycles. The minimum absolute atomic E-state index is 0.810. The van der Waals surface area contributed by atoms with Gasteiger partial charge in [-0.25, -0.2) is 0 Å². The van der Waals surface area contributed by atoms with Gasteiger partial charge in [-0.2, -0.15) is 0 Å². The Kier molecular flexibility index (Phi) is 6.99. The van der Waals surface area contributed by atoms with E-state index in [0.717, 1.165) is 28.5 Å². The van der Waals surface area contributed by atoms with E-state index in [1.165, 1.54) is 53.6 Å². The van der Waals surface area contributed by atoms with Gasteiger partial charge in [0, 0.05) is 42.6 Å². The van der Waals surface area contributed by atoms with Crippen LogP contribution >= 0.6 is 11.3 Å². The van der Waals surface area contributed by atoms with Crippen LogP contribution in [0.15, 0.2) is 176 Å². The molecule has 3 nitrogen and oxygen atoms in total. The number of fused-ring (bicyclic) bond motifs is 3. The van der Waals surface area contributed by atoms with E-state index in [9.17, 15) is 0 Å². The van der Waals surface area contributed by atoms with Gasteiger partial charge in [-0.15, -0.1) is 21.5 Å². The molecule has 2 aromatic heterocycles. The highest BCUT2D eigenvalue weighted by molar-refractivity contribution is 7.26. The molecule has 226 valence electrons. The molecule has 0 aliphatic carbocycles. The summed E-state index contributed by atoms with van der Waals surface area (Å²) < 4.78 is 4.73. The van der Waals surface area contributed by atoms with Gasteiger partial charge in [0.25, 0.3) is 0 Å². The fraction of sp³-hybridized carbons (Fsp3) is 0. The van der Waals surface area contributed by atoms with Crippen LogP contribution in [0.25, 0.3) is 82.0 Å². The van der Waals surface area contributed by atoms with Crippen molar-refractivity contribution >= 4 is 31.5 Å². The normalized spacial score (nSPS) is 11.3. The smallest absolute Gasteiger partial charge is 0.168 e. The lowest BCUT2D eigenvalue weighted by atomic mass is 9.95. The van der Waals surface area contributed by atoms with Crippen LogP contribution in [0.4, 0.5) is 0 Å². The largest absolute Gasteiger partial charge is 0.275 e. The van der Waals surface area contributed by atoms with Crippen LogP contribution in [0.5, 0.6) is 0 Å². The first-order chi connectivity index (χ1) is 23.8. The number of rotatable bonds is 6. The first kappa shape index (κ1) is 28.1. The fourth-order valence-electron chi connectivity index (χ4n) is 6.57. The summed E-state index contributed by atoms with van der Waals surface area (Å²) in [7, 11) is 0. The summed E-state index contributed by atoms with van der Waals surface area (Å²) in [6, 6.07) is 62.3. The molecule has 7 aromatic carbocycles. The van der Waals surface area contributed by atoms with E-state index >= 15 is 0 Å². The van der Waals surface area contributed by atoms with E-state index in [0.29, 0.717) is 0 Å². The highest BCUT2D eigenvalue weighted by atomic mass is 32.1. The second-order valence-electron chi connectivity index (χ2n) is 11.9. The van der Waals surface area contributed by atoms with Crippen LogP contribution in [0, 0.1) is 0 Å². The molecule has 0 N–H and O–H groups in total. The topological polar surface area (TPSA) is 30.7 Å². The molecule has 9 aromatic rings. The van der Waals surface area contributed by atoms with E-state index < -0.39 is 0 Å². The molecule has 9 rings (SSSR count). The summed E-state index contributed by atoms with van der Waals surface area (Å²) in [5.74, 6) is 1.63. The summed E-state index contributed by atoms with van der Waals surface area (Å²) in [6.07, 6.45) is 0. The zero-order valence-corrected chi connectivity index (χ0v) is 26.8. The van der Waals surface area contributed by atoms with Crippen LogP contribution in [-0.4, -0.2) is 14.8 Å². The molecular formula is C44H29N3S. The van der Waals surface area contributed by atoms with Gasteiger partial charge in [-0.3, -0.25) is 4.57 Å². The molecule has 0 bridgehead atoms. The van der Waals surface area contributed by atoms with Gasteiger partial charge in [-0.05, 0) is 64.2 Å². The molecule has 0 aliphatic heterocycles. The SMILES string of the molecule is c1ccc(-c2ccc3sc4c(-c5ccc(-c6nnc(-c7ccccc7)n6-c6ccccc6)cc5)cc(-c5ccccc5)cc4c3c2)cc1. The summed E-state index contributed by atoms with van der Waals surface area (Å²) in [4.78, 5) is 0. The molecule has 0 aliphatic rings. The lowest BCUT2D eigenvalue weighted by molar-refractivity contribution is 1.07. The second-order valence-corrected chi connectivity index (χ2v) is 13.0. The van der Waals surface area contributed by atoms with E-state index in [-0.39, 0.29) is 0 Å². The average Bonchev–Trinajstić information content (AvgIpc) is 3.78. The Hall–Kier alpha value is -6.10. The highest BCUT2D eigenvalue weighted by Crippen LogP contribution is 2.44. The maximum absolute atomic E-state index is 4.72. The van der Waals surface area contributed by atoms with Gasteiger partial charge in [0.15, 0.2) is 11.6 Å². The lowest BCUT2D eigenvalue weighted by Crippen LogP contribution is -2.00. The monoisotopic (exact) mass is 631 g/mol. The molecule has 0 amide bonds. The van der Waals surface area contributed by atoms with Crippen LogP contribution in [0.1, 0.15) is 0 Å². The van der Waals surface area contributed by atoms with Gasteiger partial charge < -0.3 is 0 Å².